The number of carbonyl (C=O) groups excluding carboxylic acids is 2. The molecule has 9 heteroatoms. The highest BCUT2D eigenvalue weighted by atomic mass is 79.9. The zero-order valence-electron chi connectivity index (χ0n) is 14.7. The topological polar surface area (TPSA) is 55.8 Å². The summed E-state index contributed by atoms with van der Waals surface area (Å²) in [5.41, 5.74) is 1.31. The van der Waals surface area contributed by atoms with Gasteiger partial charge in [0.05, 0.1) is 22.7 Å². The number of anilines is 1. The van der Waals surface area contributed by atoms with Crippen molar-refractivity contribution in [3.63, 3.8) is 0 Å². The van der Waals surface area contributed by atoms with Crippen molar-refractivity contribution in [1.82, 2.24) is 0 Å². The molecule has 0 aliphatic carbocycles. The van der Waals surface area contributed by atoms with Gasteiger partial charge in [-0.15, -0.1) is 0 Å². The van der Waals surface area contributed by atoms with E-state index in [1.165, 1.54) is 30.7 Å². The second-order valence-corrected chi connectivity index (χ2v) is 8.56. The van der Waals surface area contributed by atoms with Crippen molar-refractivity contribution < 1.29 is 19.1 Å². The van der Waals surface area contributed by atoms with E-state index < -0.39 is 5.97 Å². The molecule has 0 saturated carbocycles. The number of carbonyl (C=O) groups is 2. The number of thioether (sulfide) groups is 1. The van der Waals surface area contributed by atoms with Crippen molar-refractivity contribution in [3.8, 4) is 11.5 Å². The Kier molecular flexibility index (Phi) is 6.44. The lowest BCUT2D eigenvalue weighted by molar-refractivity contribution is -0.132. The number of amides is 1. The lowest BCUT2D eigenvalue weighted by Gasteiger charge is -2.15. The third kappa shape index (κ3) is 4.41. The van der Waals surface area contributed by atoms with Crippen molar-refractivity contribution in [3.05, 3.63) is 56.4 Å². The van der Waals surface area contributed by atoms with E-state index in [1.54, 1.807) is 42.5 Å². The summed E-state index contributed by atoms with van der Waals surface area (Å²) in [7, 11) is 1.48. The van der Waals surface area contributed by atoms with Crippen LogP contribution in [-0.4, -0.2) is 23.3 Å². The Morgan fingerprint density at radius 3 is 2.64 bits per heavy atom. The molecule has 3 rings (SSSR count). The van der Waals surface area contributed by atoms with Crippen LogP contribution in [0.2, 0.25) is 5.02 Å². The number of hydrogen-bond acceptors (Lipinski definition) is 6. The molecule has 1 heterocycles. The average Bonchev–Trinajstić information content (AvgIpc) is 2.92. The van der Waals surface area contributed by atoms with Gasteiger partial charge in [0.2, 0.25) is 0 Å². The molecule has 1 aliphatic rings. The first-order valence-electron chi connectivity index (χ1n) is 7.89. The third-order valence-electron chi connectivity index (χ3n) is 3.69. The number of halogens is 2. The van der Waals surface area contributed by atoms with Gasteiger partial charge in [-0.2, -0.15) is 0 Å². The zero-order chi connectivity index (χ0) is 20.4. The van der Waals surface area contributed by atoms with Gasteiger partial charge in [0, 0.05) is 11.4 Å². The molecule has 0 unspecified atom stereocenters. The van der Waals surface area contributed by atoms with Gasteiger partial charge in [0.1, 0.15) is 0 Å². The van der Waals surface area contributed by atoms with Crippen LogP contribution in [0.3, 0.4) is 0 Å². The van der Waals surface area contributed by atoms with Gasteiger partial charge in [-0.1, -0.05) is 41.6 Å². The fourth-order valence-electron chi connectivity index (χ4n) is 2.48. The SMILES string of the molecule is COc1cc(/C=C2\SC(=S)N(c3ccc(Br)c(Cl)c3)C2=O)ccc1OC(C)=O. The Morgan fingerprint density at radius 1 is 1.25 bits per heavy atom. The van der Waals surface area contributed by atoms with Crippen LogP contribution in [0.25, 0.3) is 6.08 Å². The lowest BCUT2D eigenvalue weighted by atomic mass is 10.2. The first-order valence-corrected chi connectivity index (χ1v) is 10.3. The number of esters is 1. The molecule has 28 heavy (non-hydrogen) atoms. The van der Waals surface area contributed by atoms with Crippen LogP contribution < -0.4 is 14.4 Å². The smallest absolute Gasteiger partial charge is 0.308 e. The summed E-state index contributed by atoms with van der Waals surface area (Å²) in [6, 6.07) is 10.2. The average molecular weight is 499 g/mol. The number of benzene rings is 2. The Morgan fingerprint density at radius 2 is 2.00 bits per heavy atom. The second-order valence-electron chi connectivity index (χ2n) is 5.62. The van der Waals surface area contributed by atoms with E-state index >= 15 is 0 Å². The molecule has 5 nitrogen and oxygen atoms in total. The van der Waals surface area contributed by atoms with Crippen molar-refractivity contribution in [1.29, 1.82) is 0 Å². The van der Waals surface area contributed by atoms with Crippen molar-refractivity contribution >= 4 is 79.5 Å². The molecule has 0 bridgehead atoms. The summed E-state index contributed by atoms with van der Waals surface area (Å²) in [6.45, 7) is 1.31. The van der Waals surface area contributed by atoms with Gasteiger partial charge in [-0.25, -0.2) is 0 Å². The molecular weight excluding hydrogens is 486 g/mol. The van der Waals surface area contributed by atoms with E-state index in [0.717, 1.165) is 4.47 Å². The molecule has 1 fully saturated rings. The number of hydrogen-bond donors (Lipinski definition) is 0. The van der Waals surface area contributed by atoms with Crippen molar-refractivity contribution in [2.45, 2.75) is 6.92 Å². The summed E-state index contributed by atoms with van der Waals surface area (Å²) in [5, 5.41) is 0.487. The van der Waals surface area contributed by atoms with Gasteiger partial charge in [-0.05, 0) is 57.9 Å². The number of methoxy groups -OCH3 is 1. The van der Waals surface area contributed by atoms with Crippen LogP contribution in [0, 0.1) is 0 Å². The molecule has 144 valence electrons. The Bertz CT molecular complexity index is 1020. The van der Waals surface area contributed by atoms with E-state index in [-0.39, 0.29) is 5.91 Å². The maximum absolute atomic E-state index is 12.9. The summed E-state index contributed by atoms with van der Waals surface area (Å²) < 4.78 is 11.5. The number of ether oxygens (including phenoxy) is 2. The van der Waals surface area contributed by atoms with Gasteiger partial charge in [0.15, 0.2) is 15.8 Å². The largest absolute Gasteiger partial charge is 0.493 e. The van der Waals surface area contributed by atoms with E-state index in [9.17, 15) is 9.59 Å². The van der Waals surface area contributed by atoms with E-state index in [1.807, 2.05) is 0 Å². The first kappa shape index (κ1) is 20.9. The number of nitrogens with zero attached hydrogens (tertiary/aromatic N) is 1. The molecule has 0 atom stereocenters. The monoisotopic (exact) mass is 497 g/mol. The predicted molar refractivity (Wildman–Crippen MR) is 119 cm³/mol. The van der Waals surface area contributed by atoms with E-state index in [2.05, 4.69) is 15.9 Å². The highest BCUT2D eigenvalue weighted by Gasteiger charge is 2.33. The second kappa shape index (κ2) is 8.65. The zero-order valence-corrected chi connectivity index (χ0v) is 18.7. The van der Waals surface area contributed by atoms with Crippen LogP contribution >= 0.6 is 51.5 Å². The molecular formula is C19H13BrClNO4S2. The molecule has 0 spiro atoms. The highest BCUT2D eigenvalue weighted by Crippen LogP contribution is 2.38. The molecule has 2 aromatic carbocycles. The maximum Gasteiger partial charge on any atom is 0.308 e. The van der Waals surface area contributed by atoms with Gasteiger partial charge >= 0.3 is 5.97 Å². The highest BCUT2D eigenvalue weighted by molar-refractivity contribution is 9.10. The van der Waals surface area contributed by atoms with Crippen LogP contribution in [-0.2, 0) is 9.59 Å². The lowest BCUT2D eigenvalue weighted by Crippen LogP contribution is -2.27. The number of thiocarbonyl (C=S) groups is 1. The van der Waals surface area contributed by atoms with E-state index in [4.69, 9.17) is 33.3 Å². The normalized spacial score (nSPS) is 15.3. The fourth-order valence-corrected chi connectivity index (χ4v) is 4.20. The molecule has 2 aromatic rings. The molecule has 0 radical (unpaired) electrons. The minimum absolute atomic E-state index is 0.239. The van der Waals surface area contributed by atoms with Crippen molar-refractivity contribution in [2.75, 3.05) is 12.0 Å². The first-order chi connectivity index (χ1) is 13.3. The van der Waals surface area contributed by atoms with Crippen LogP contribution in [0.1, 0.15) is 12.5 Å². The molecule has 0 N–H and O–H groups in total. The van der Waals surface area contributed by atoms with E-state index in [0.29, 0.717) is 37.0 Å². The molecule has 1 saturated heterocycles. The predicted octanol–water partition coefficient (Wildman–Crippen LogP) is 5.44. The molecule has 1 aliphatic heterocycles. The minimum atomic E-state index is -0.444. The Balaban J connectivity index is 1.91. The van der Waals surface area contributed by atoms with Gasteiger partial charge < -0.3 is 9.47 Å². The Labute approximate surface area is 184 Å². The summed E-state index contributed by atoms with van der Waals surface area (Å²) in [4.78, 5) is 26.0. The fraction of sp³-hybridized carbons (Fsp3) is 0.105. The van der Waals surface area contributed by atoms with Gasteiger partial charge in [0.25, 0.3) is 5.91 Å². The maximum atomic E-state index is 12.9. The van der Waals surface area contributed by atoms with Gasteiger partial charge in [-0.3, -0.25) is 14.5 Å². The van der Waals surface area contributed by atoms with Crippen LogP contribution in [0.15, 0.2) is 45.8 Å². The standard InChI is InChI=1S/C19H13BrClNO4S2/c1-10(23)26-15-6-3-11(7-16(15)25-2)8-17-18(24)22(19(27)28-17)12-4-5-13(20)14(21)9-12/h3-9H,1-2H3/b17-8-. The van der Waals surface area contributed by atoms with Crippen molar-refractivity contribution in [2.24, 2.45) is 0 Å². The van der Waals surface area contributed by atoms with Crippen LogP contribution in [0.5, 0.6) is 11.5 Å². The van der Waals surface area contributed by atoms with Crippen LogP contribution in [0.4, 0.5) is 5.69 Å². The summed E-state index contributed by atoms with van der Waals surface area (Å²) in [5.74, 6) is 0.0137. The minimum Gasteiger partial charge on any atom is -0.493 e. The quantitative estimate of drug-likeness (QED) is 0.242. The molecule has 0 aromatic heterocycles. The Hall–Kier alpha value is -1.87. The summed E-state index contributed by atoms with van der Waals surface area (Å²) in [6.07, 6.45) is 1.71. The number of rotatable bonds is 4. The molecule has 1 amide bonds. The summed E-state index contributed by atoms with van der Waals surface area (Å²) >= 11 is 16.0. The third-order valence-corrected chi connectivity index (χ3v) is 6.23.